The molecule has 4 fully saturated rings. The number of alkyl halides is 6. The lowest BCUT2D eigenvalue weighted by atomic mass is 9.82. The van der Waals surface area contributed by atoms with Gasteiger partial charge in [-0.25, -0.2) is 47.0 Å². The molecule has 0 spiro atoms. The van der Waals surface area contributed by atoms with Crippen LogP contribution in [0, 0.1) is 0 Å². The number of hydrogen-bond acceptors (Lipinski definition) is 14. The minimum absolute atomic E-state index is 0.0536. The van der Waals surface area contributed by atoms with E-state index in [0.29, 0.717) is 11.4 Å². The fraction of sp³-hybridized carbons (Fsp3) is 0.476. The van der Waals surface area contributed by atoms with Gasteiger partial charge in [0, 0.05) is 60.8 Å². The minimum Gasteiger partial charge on any atom is -0.362 e. The van der Waals surface area contributed by atoms with E-state index in [2.05, 4.69) is 30.6 Å². The number of carbonyl (C=O) groups excluding carboxylic acids is 2. The largest absolute Gasteiger partial charge is 0.416 e. The number of nitrogens with one attached hydrogen (secondary N) is 2. The maximum Gasteiger partial charge on any atom is 0.416 e. The van der Waals surface area contributed by atoms with E-state index in [1.165, 1.54) is 47.9 Å². The average molecular weight is 1070 g/mol. The summed E-state index contributed by atoms with van der Waals surface area (Å²) in [5.74, 6) is -1.23. The van der Waals surface area contributed by atoms with Crippen molar-refractivity contribution in [1.29, 1.82) is 0 Å². The van der Waals surface area contributed by atoms with E-state index < -0.39 is 91.8 Å². The molecular formula is C42H46Cl2F6N10O8S2. The summed E-state index contributed by atoms with van der Waals surface area (Å²) in [4.78, 5) is 45.7. The Morgan fingerprint density at radius 3 is 1.30 bits per heavy atom. The summed E-state index contributed by atoms with van der Waals surface area (Å²) in [7, 11) is -8.24. The van der Waals surface area contributed by atoms with Gasteiger partial charge < -0.3 is 29.9 Å². The van der Waals surface area contributed by atoms with Crippen molar-refractivity contribution in [1.82, 2.24) is 19.9 Å². The summed E-state index contributed by atoms with van der Waals surface area (Å²) in [5, 5.41) is 14.8. The summed E-state index contributed by atoms with van der Waals surface area (Å²) in [6, 6.07) is 7.61. The standard InChI is InChI=1S/2C21H23ClF3N5O4S/c2*1-11-9-30(10-16(34-11)21(23,24)25)19-14(8-15(22)18(29-19)12-3-2-4-12)20(31)28-13-5-6-27-17(7-13)35(26,32)33/h2*5-8,11-12,16H,2-4,9-10H2,1H3,(H2,26,32,33)(H,27,28,31). The molecule has 0 radical (unpaired) electrons. The Morgan fingerprint density at radius 1 is 0.643 bits per heavy atom. The number of hydrogen-bond donors (Lipinski definition) is 4. The highest BCUT2D eigenvalue weighted by Gasteiger charge is 2.47. The maximum atomic E-state index is 13.5. The number of nitrogens with zero attached hydrogens (tertiary/aromatic N) is 6. The first-order valence-electron chi connectivity index (χ1n) is 21.6. The van der Waals surface area contributed by atoms with Gasteiger partial charge in [-0.1, -0.05) is 36.0 Å². The number of sulfonamides is 2. The van der Waals surface area contributed by atoms with Crippen LogP contribution in [0.1, 0.15) is 96.3 Å². The van der Waals surface area contributed by atoms with E-state index in [0.717, 1.165) is 63.1 Å². The van der Waals surface area contributed by atoms with Crippen LogP contribution in [-0.4, -0.2) is 112 Å². The third-order valence-electron chi connectivity index (χ3n) is 11.9. The lowest BCUT2D eigenvalue weighted by Crippen LogP contribution is -2.53. The first kappa shape index (κ1) is 52.9. The molecule has 4 unspecified atom stereocenters. The summed E-state index contributed by atoms with van der Waals surface area (Å²) in [6.45, 7) is 2.10. The molecule has 2 aliphatic heterocycles. The normalized spacial score (nSPS) is 21.5. The second-order valence-electron chi connectivity index (χ2n) is 17.2. The molecule has 8 rings (SSSR count). The Labute approximate surface area is 407 Å². The smallest absolute Gasteiger partial charge is 0.362 e. The predicted molar refractivity (Wildman–Crippen MR) is 244 cm³/mol. The molecule has 4 atom stereocenters. The van der Waals surface area contributed by atoms with E-state index in [1.807, 2.05) is 0 Å². The van der Waals surface area contributed by atoms with Crippen LogP contribution in [0.2, 0.25) is 10.0 Å². The lowest BCUT2D eigenvalue weighted by Gasteiger charge is -2.39. The van der Waals surface area contributed by atoms with Gasteiger partial charge in [0.2, 0.25) is 0 Å². The molecule has 2 amide bonds. The zero-order valence-corrected chi connectivity index (χ0v) is 40.2. The van der Waals surface area contributed by atoms with Crippen molar-refractivity contribution in [3.8, 4) is 0 Å². The van der Waals surface area contributed by atoms with Crippen molar-refractivity contribution in [3.05, 3.63) is 81.4 Å². The van der Waals surface area contributed by atoms with Crippen LogP contribution < -0.4 is 30.7 Å². The van der Waals surface area contributed by atoms with Gasteiger partial charge in [-0.15, -0.1) is 0 Å². The molecule has 380 valence electrons. The second kappa shape index (κ2) is 20.6. The number of anilines is 4. The Kier molecular flexibility index (Phi) is 15.6. The topological polar surface area (TPSA) is 255 Å². The second-order valence-corrected chi connectivity index (χ2v) is 21.1. The Balaban J connectivity index is 0.000000206. The molecule has 4 aliphatic rings. The van der Waals surface area contributed by atoms with Gasteiger partial charge in [0.05, 0.1) is 57.9 Å². The molecule has 6 heterocycles. The molecule has 28 heteroatoms. The number of pyridine rings is 4. The Hall–Kier alpha value is -4.96. The van der Waals surface area contributed by atoms with Crippen molar-refractivity contribution in [3.63, 3.8) is 0 Å². The van der Waals surface area contributed by atoms with Crippen molar-refractivity contribution < 1.29 is 62.2 Å². The molecule has 18 nitrogen and oxygen atoms in total. The SMILES string of the molecule is CC1CN(c2nc(C3CCC3)c(Cl)cc2C(=O)Nc2ccnc(S(N)(=O)=O)c2)CC(C(F)(F)F)O1.CC1CN(c2nc(C3CCC3)c(Cl)cc2C(=O)Nc2ccnc(S(N)(=O)=O)c2)CC(C(F)(F)F)O1. The van der Waals surface area contributed by atoms with E-state index in [1.54, 1.807) is 0 Å². The van der Waals surface area contributed by atoms with E-state index in [4.69, 9.17) is 43.0 Å². The third-order valence-corrected chi connectivity index (χ3v) is 14.1. The molecule has 2 saturated carbocycles. The van der Waals surface area contributed by atoms with E-state index >= 15 is 0 Å². The first-order chi connectivity index (χ1) is 32.6. The number of amides is 2. The molecule has 2 saturated heterocycles. The molecule has 6 N–H and O–H groups in total. The van der Waals surface area contributed by atoms with Gasteiger partial charge in [-0.05, 0) is 63.8 Å². The fourth-order valence-electron chi connectivity index (χ4n) is 8.03. The highest BCUT2D eigenvalue weighted by atomic mass is 35.5. The zero-order chi connectivity index (χ0) is 51.1. The van der Waals surface area contributed by atoms with Gasteiger partial charge >= 0.3 is 12.4 Å². The number of aromatic nitrogens is 4. The third kappa shape index (κ3) is 12.6. The Bertz CT molecular complexity index is 2670. The van der Waals surface area contributed by atoms with Crippen molar-refractivity contribution in [2.24, 2.45) is 10.3 Å². The quantitative estimate of drug-likeness (QED) is 0.118. The summed E-state index contributed by atoms with van der Waals surface area (Å²) < 4.78 is 137. The van der Waals surface area contributed by atoms with Crippen molar-refractivity contribution in [2.45, 2.75) is 111 Å². The number of carbonyl (C=O) groups is 2. The molecule has 4 aromatic rings. The zero-order valence-electron chi connectivity index (χ0n) is 37.1. The number of ether oxygens (including phenoxy) is 2. The van der Waals surface area contributed by atoms with Crippen LogP contribution in [0.4, 0.5) is 49.4 Å². The van der Waals surface area contributed by atoms with Crippen LogP contribution in [0.15, 0.2) is 58.8 Å². The van der Waals surface area contributed by atoms with Gasteiger partial charge in [0.15, 0.2) is 22.3 Å². The number of nitrogens with two attached hydrogens (primary N) is 2. The number of morpholine rings is 2. The van der Waals surface area contributed by atoms with E-state index in [-0.39, 0.29) is 69.1 Å². The van der Waals surface area contributed by atoms with Gasteiger partial charge in [-0.2, -0.15) is 26.3 Å². The minimum atomic E-state index is -4.60. The summed E-state index contributed by atoms with van der Waals surface area (Å²) >= 11 is 12.9. The summed E-state index contributed by atoms with van der Waals surface area (Å²) in [6.07, 6.45) is -7.19. The van der Waals surface area contributed by atoms with E-state index in [9.17, 15) is 52.8 Å². The van der Waals surface area contributed by atoms with Crippen LogP contribution in [0.25, 0.3) is 0 Å². The molecule has 0 bridgehead atoms. The number of halogens is 8. The first-order valence-corrected chi connectivity index (χ1v) is 25.5. The monoisotopic (exact) mass is 1070 g/mol. The molecule has 2 aliphatic carbocycles. The van der Waals surface area contributed by atoms with Gasteiger partial charge in [0.1, 0.15) is 11.6 Å². The van der Waals surface area contributed by atoms with Crippen LogP contribution >= 0.6 is 23.2 Å². The maximum absolute atomic E-state index is 13.5. The van der Waals surface area contributed by atoms with Crippen LogP contribution in [-0.2, 0) is 29.5 Å². The van der Waals surface area contributed by atoms with Crippen molar-refractivity contribution >= 4 is 78.1 Å². The summed E-state index contributed by atoms with van der Waals surface area (Å²) in [5.41, 5.74) is 1.11. The Morgan fingerprint density at radius 2 is 1.00 bits per heavy atom. The average Bonchev–Trinajstić information content (AvgIpc) is 3.22. The van der Waals surface area contributed by atoms with Gasteiger partial charge in [-0.3, -0.25) is 9.59 Å². The van der Waals surface area contributed by atoms with Crippen LogP contribution in [0.3, 0.4) is 0 Å². The van der Waals surface area contributed by atoms with Gasteiger partial charge in [0.25, 0.3) is 31.9 Å². The fourth-order valence-corrected chi connectivity index (χ4v) is 9.64. The molecule has 70 heavy (non-hydrogen) atoms. The highest BCUT2D eigenvalue weighted by molar-refractivity contribution is 7.89. The predicted octanol–water partition coefficient (Wildman–Crippen LogP) is 6.91. The van der Waals surface area contributed by atoms with Crippen LogP contribution in [0.5, 0.6) is 0 Å². The number of primary sulfonamides is 2. The lowest BCUT2D eigenvalue weighted by molar-refractivity contribution is -0.233. The molecular weight excluding hydrogens is 1020 g/mol. The molecule has 0 aromatic carbocycles. The highest BCUT2D eigenvalue weighted by Crippen LogP contribution is 2.43. The molecule has 4 aromatic heterocycles. The number of rotatable bonds is 10. The van der Waals surface area contributed by atoms with Crippen molar-refractivity contribution in [2.75, 3.05) is 46.6 Å².